The van der Waals surface area contributed by atoms with Crippen LogP contribution in [-0.2, 0) is 6.42 Å². The lowest BCUT2D eigenvalue weighted by molar-refractivity contribution is 0.615. The van der Waals surface area contributed by atoms with Gasteiger partial charge >= 0.3 is 0 Å². The van der Waals surface area contributed by atoms with Gasteiger partial charge in [0.05, 0.1) is 4.99 Å². The van der Waals surface area contributed by atoms with E-state index in [4.69, 9.17) is 5.73 Å². The standard InChI is InChI=1S/C9H10FNS/c1-6-2-3-7(5-9(11)12)8(10)4-6/h2-4H,5H2,1H3,(H2,11,12). The molecule has 0 radical (unpaired) electrons. The molecule has 12 heavy (non-hydrogen) atoms. The number of nitrogens with two attached hydrogens (primary N) is 1. The van der Waals surface area contributed by atoms with Gasteiger partial charge in [-0.1, -0.05) is 24.4 Å². The van der Waals surface area contributed by atoms with Crippen molar-refractivity contribution < 1.29 is 4.39 Å². The first-order chi connectivity index (χ1) is 5.59. The van der Waals surface area contributed by atoms with E-state index >= 15 is 0 Å². The van der Waals surface area contributed by atoms with E-state index in [1.807, 2.05) is 13.0 Å². The van der Waals surface area contributed by atoms with Crippen molar-refractivity contribution in [3.8, 4) is 0 Å². The molecule has 0 aliphatic carbocycles. The molecule has 0 aliphatic rings. The maximum Gasteiger partial charge on any atom is 0.127 e. The van der Waals surface area contributed by atoms with Crippen LogP contribution in [0, 0.1) is 12.7 Å². The van der Waals surface area contributed by atoms with Crippen molar-refractivity contribution in [1.29, 1.82) is 0 Å². The highest BCUT2D eigenvalue weighted by Gasteiger charge is 2.02. The first kappa shape index (κ1) is 9.13. The molecule has 1 rings (SSSR count). The molecule has 3 heteroatoms. The van der Waals surface area contributed by atoms with Crippen molar-refractivity contribution in [3.05, 3.63) is 35.1 Å². The molecule has 1 aromatic rings. The zero-order valence-corrected chi connectivity index (χ0v) is 7.62. The van der Waals surface area contributed by atoms with E-state index in [0.717, 1.165) is 5.56 Å². The van der Waals surface area contributed by atoms with Crippen LogP contribution in [0.15, 0.2) is 18.2 Å². The molecule has 2 N–H and O–H groups in total. The highest BCUT2D eigenvalue weighted by Crippen LogP contribution is 2.10. The molecular weight excluding hydrogens is 173 g/mol. The van der Waals surface area contributed by atoms with Crippen LogP contribution in [0.4, 0.5) is 4.39 Å². The minimum absolute atomic E-state index is 0.234. The molecule has 0 heterocycles. The van der Waals surface area contributed by atoms with Crippen LogP contribution in [0.1, 0.15) is 11.1 Å². The van der Waals surface area contributed by atoms with Gasteiger partial charge in [-0.3, -0.25) is 0 Å². The summed E-state index contributed by atoms with van der Waals surface area (Å²) in [5, 5.41) is 0. The highest BCUT2D eigenvalue weighted by atomic mass is 32.1. The fourth-order valence-electron chi connectivity index (χ4n) is 0.983. The van der Waals surface area contributed by atoms with Gasteiger partial charge in [0, 0.05) is 6.42 Å². The van der Waals surface area contributed by atoms with Crippen molar-refractivity contribution in [3.63, 3.8) is 0 Å². The topological polar surface area (TPSA) is 26.0 Å². The number of hydrogen-bond acceptors (Lipinski definition) is 1. The van der Waals surface area contributed by atoms with Crippen LogP contribution < -0.4 is 5.73 Å². The predicted molar refractivity (Wildman–Crippen MR) is 51.6 cm³/mol. The van der Waals surface area contributed by atoms with Crippen LogP contribution in [0.5, 0.6) is 0 Å². The number of rotatable bonds is 2. The van der Waals surface area contributed by atoms with Crippen LogP contribution in [-0.4, -0.2) is 4.99 Å². The van der Waals surface area contributed by atoms with Crippen molar-refractivity contribution >= 4 is 17.2 Å². The van der Waals surface area contributed by atoms with E-state index in [9.17, 15) is 4.39 Å². The number of benzene rings is 1. The summed E-state index contributed by atoms with van der Waals surface area (Å²) in [5.74, 6) is -0.234. The molecule has 0 fully saturated rings. The molecular formula is C9H10FNS. The second-order valence-corrected chi connectivity index (χ2v) is 3.26. The van der Waals surface area contributed by atoms with E-state index in [1.54, 1.807) is 6.07 Å². The summed E-state index contributed by atoms with van der Waals surface area (Å²) in [6, 6.07) is 5.04. The number of aryl methyl sites for hydroxylation is 1. The van der Waals surface area contributed by atoms with Gasteiger partial charge in [0.2, 0.25) is 0 Å². The van der Waals surface area contributed by atoms with Crippen LogP contribution in [0.25, 0.3) is 0 Å². The zero-order chi connectivity index (χ0) is 9.14. The lowest BCUT2D eigenvalue weighted by Gasteiger charge is -2.01. The minimum Gasteiger partial charge on any atom is -0.393 e. The van der Waals surface area contributed by atoms with Crippen LogP contribution >= 0.6 is 12.2 Å². The summed E-state index contributed by atoms with van der Waals surface area (Å²) >= 11 is 4.68. The molecule has 1 aromatic carbocycles. The third-order valence-electron chi connectivity index (χ3n) is 1.57. The van der Waals surface area contributed by atoms with E-state index in [1.165, 1.54) is 6.07 Å². The van der Waals surface area contributed by atoms with Crippen LogP contribution in [0.2, 0.25) is 0 Å². The lowest BCUT2D eigenvalue weighted by atomic mass is 10.1. The predicted octanol–water partition coefficient (Wildman–Crippen LogP) is 1.96. The van der Waals surface area contributed by atoms with E-state index in [-0.39, 0.29) is 5.82 Å². The molecule has 0 atom stereocenters. The second kappa shape index (κ2) is 3.63. The second-order valence-electron chi connectivity index (χ2n) is 2.74. The SMILES string of the molecule is Cc1ccc(CC(N)=S)c(F)c1. The Bertz CT molecular complexity index is 309. The van der Waals surface area contributed by atoms with Gasteiger partial charge in [-0.05, 0) is 24.1 Å². The van der Waals surface area contributed by atoms with Crippen molar-refractivity contribution in [2.45, 2.75) is 13.3 Å². The van der Waals surface area contributed by atoms with Gasteiger partial charge in [-0.25, -0.2) is 4.39 Å². The van der Waals surface area contributed by atoms with Gasteiger partial charge in [0.1, 0.15) is 5.82 Å². The Labute approximate surface area is 76.4 Å². The Morgan fingerprint density at radius 1 is 1.58 bits per heavy atom. The van der Waals surface area contributed by atoms with E-state index in [0.29, 0.717) is 17.0 Å². The lowest BCUT2D eigenvalue weighted by Crippen LogP contribution is -2.12. The Balaban J connectivity index is 2.93. The van der Waals surface area contributed by atoms with E-state index in [2.05, 4.69) is 12.2 Å². The smallest absolute Gasteiger partial charge is 0.127 e. The Morgan fingerprint density at radius 3 is 2.75 bits per heavy atom. The summed E-state index contributed by atoms with van der Waals surface area (Å²) in [6.07, 6.45) is 0.335. The first-order valence-corrected chi connectivity index (χ1v) is 4.04. The van der Waals surface area contributed by atoms with Gasteiger partial charge in [0.25, 0.3) is 0 Å². The maximum absolute atomic E-state index is 13.1. The third kappa shape index (κ3) is 2.27. The Morgan fingerprint density at radius 2 is 2.25 bits per heavy atom. The molecule has 0 aromatic heterocycles. The average Bonchev–Trinajstić information content (AvgIpc) is 1.94. The average molecular weight is 183 g/mol. The minimum atomic E-state index is -0.234. The van der Waals surface area contributed by atoms with E-state index < -0.39 is 0 Å². The molecule has 64 valence electrons. The summed E-state index contributed by atoms with van der Waals surface area (Å²) in [7, 11) is 0. The van der Waals surface area contributed by atoms with Gasteiger partial charge in [0.15, 0.2) is 0 Å². The first-order valence-electron chi connectivity index (χ1n) is 3.63. The molecule has 0 aliphatic heterocycles. The zero-order valence-electron chi connectivity index (χ0n) is 6.80. The van der Waals surface area contributed by atoms with Crippen molar-refractivity contribution in [2.75, 3.05) is 0 Å². The molecule has 0 spiro atoms. The van der Waals surface area contributed by atoms with Gasteiger partial charge in [-0.15, -0.1) is 0 Å². The Kier molecular flexibility index (Phi) is 2.76. The summed E-state index contributed by atoms with van der Waals surface area (Å²) in [5.41, 5.74) is 6.76. The molecule has 0 saturated heterocycles. The number of halogens is 1. The summed E-state index contributed by atoms with van der Waals surface area (Å²) in [4.78, 5) is 0.317. The quantitative estimate of drug-likeness (QED) is 0.709. The highest BCUT2D eigenvalue weighted by molar-refractivity contribution is 7.80. The molecule has 0 unspecified atom stereocenters. The summed E-state index contributed by atoms with van der Waals surface area (Å²) < 4.78 is 13.1. The molecule has 0 amide bonds. The Hall–Kier alpha value is -0.960. The van der Waals surface area contributed by atoms with Crippen molar-refractivity contribution in [1.82, 2.24) is 0 Å². The third-order valence-corrected chi connectivity index (χ3v) is 1.72. The fourth-order valence-corrected chi connectivity index (χ4v) is 1.14. The number of hydrogen-bond donors (Lipinski definition) is 1. The molecule has 0 bridgehead atoms. The maximum atomic E-state index is 13.1. The molecule has 1 nitrogen and oxygen atoms in total. The largest absolute Gasteiger partial charge is 0.393 e. The molecule has 0 saturated carbocycles. The summed E-state index contributed by atoms with van der Waals surface area (Å²) in [6.45, 7) is 1.84. The van der Waals surface area contributed by atoms with Crippen molar-refractivity contribution in [2.24, 2.45) is 5.73 Å². The normalized spacial score (nSPS) is 9.83. The van der Waals surface area contributed by atoms with Gasteiger partial charge in [-0.2, -0.15) is 0 Å². The fraction of sp³-hybridized carbons (Fsp3) is 0.222. The van der Waals surface area contributed by atoms with Crippen LogP contribution in [0.3, 0.4) is 0 Å². The van der Waals surface area contributed by atoms with Gasteiger partial charge < -0.3 is 5.73 Å². The number of thiocarbonyl (C=S) groups is 1. The monoisotopic (exact) mass is 183 g/mol.